The van der Waals surface area contributed by atoms with E-state index in [0.717, 1.165) is 11.1 Å². The number of rotatable bonds is 7. The monoisotopic (exact) mass is 421 g/mol. The van der Waals surface area contributed by atoms with E-state index < -0.39 is 12.8 Å². The third-order valence-electron chi connectivity index (χ3n) is 4.21. The number of amides is 1. The zero-order valence-electron chi connectivity index (χ0n) is 16.8. The highest BCUT2D eigenvalue weighted by molar-refractivity contribution is 6.04. The Morgan fingerprint density at radius 2 is 2.07 bits per heavy atom. The van der Waals surface area contributed by atoms with Crippen LogP contribution in [0.2, 0.25) is 0 Å². The van der Waals surface area contributed by atoms with Crippen molar-refractivity contribution in [3.05, 3.63) is 53.2 Å². The zero-order valence-corrected chi connectivity index (χ0v) is 16.8. The summed E-state index contributed by atoms with van der Waals surface area (Å²) in [6, 6.07) is 3.54. The van der Waals surface area contributed by atoms with E-state index in [4.69, 9.17) is 0 Å². The first-order valence-electron chi connectivity index (χ1n) is 9.34. The molecule has 0 saturated heterocycles. The van der Waals surface area contributed by atoms with E-state index >= 15 is 0 Å². The average Bonchev–Trinajstić information content (AvgIpc) is 3.04. The zero-order chi connectivity index (χ0) is 21.9. The van der Waals surface area contributed by atoms with Crippen LogP contribution in [-0.2, 0) is 17.9 Å². The Morgan fingerprint density at radius 3 is 2.73 bits per heavy atom. The highest BCUT2D eigenvalue weighted by Crippen LogP contribution is 2.18. The molecule has 0 unspecified atom stereocenters. The molecule has 30 heavy (non-hydrogen) atoms. The summed E-state index contributed by atoms with van der Waals surface area (Å²) in [4.78, 5) is 20.8. The van der Waals surface area contributed by atoms with Crippen LogP contribution in [0, 0.1) is 6.92 Å². The number of nitrogens with one attached hydrogen (secondary N) is 1. The quantitative estimate of drug-likeness (QED) is 0.632. The van der Waals surface area contributed by atoms with Gasteiger partial charge in [-0.25, -0.2) is 0 Å². The lowest BCUT2D eigenvalue weighted by molar-refractivity contribution is -0.176. The van der Waals surface area contributed by atoms with Gasteiger partial charge in [0.15, 0.2) is 0 Å². The topological polar surface area (TPSA) is 81.9 Å². The number of aromatic nitrogens is 4. The summed E-state index contributed by atoms with van der Waals surface area (Å²) in [5.41, 5.74) is 2.94. The minimum absolute atomic E-state index is 0.0164. The molecule has 3 rings (SSSR count). The van der Waals surface area contributed by atoms with Crippen LogP contribution in [0.15, 0.2) is 30.7 Å². The van der Waals surface area contributed by atoms with Crippen molar-refractivity contribution < 1.29 is 22.7 Å². The van der Waals surface area contributed by atoms with Gasteiger partial charge in [0.25, 0.3) is 5.91 Å². The number of ether oxygens (including phenoxy) is 1. The highest BCUT2D eigenvalue weighted by Gasteiger charge is 2.27. The van der Waals surface area contributed by atoms with Gasteiger partial charge in [-0.3, -0.25) is 19.4 Å². The molecule has 0 fully saturated rings. The first-order valence-corrected chi connectivity index (χ1v) is 9.34. The van der Waals surface area contributed by atoms with Crippen LogP contribution >= 0.6 is 0 Å². The fraction of sp³-hybridized carbons (Fsp3) is 0.400. The lowest BCUT2D eigenvalue weighted by atomic mass is 10.1. The molecule has 0 saturated carbocycles. The molecule has 3 heterocycles. The van der Waals surface area contributed by atoms with Crippen molar-refractivity contribution in [2.75, 3.05) is 6.61 Å². The molecule has 160 valence electrons. The van der Waals surface area contributed by atoms with Crippen LogP contribution in [-0.4, -0.2) is 44.5 Å². The van der Waals surface area contributed by atoms with Crippen LogP contribution in [0.1, 0.15) is 41.2 Å². The van der Waals surface area contributed by atoms with E-state index in [2.05, 4.69) is 25.1 Å². The molecule has 0 aromatic carbocycles. The van der Waals surface area contributed by atoms with Gasteiger partial charge in [-0.1, -0.05) is 6.07 Å². The lowest BCUT2D eigenvalue weighted by Crippen LogP contribution is -2.30. The summed E-state index contributed by atoms with van der Waals surface area (Å²) >= 11 is 0. The van der Waals surface area contributed by atoms with Gasteiger partial charge in [0.05, 0.1) is 29.7 Å². The number of nitrogens with zero attached hydrogens (tertiary/aromatic N) is 4. The number of carbonyl (C=O) groups excluding carboxylic acids is 1. The Hall–Kier alpha value is -3.01. The maximum atomic E-state index is 12.4. The number of halogens is 3. The predicted octanol–water partition coefficient (Wildman–Crippen LogP) is 3.40. The molecule has 3 aromatic heterocycles. The van der Waals surface area contributed by atoms with Gasteiger partial charge in [-0.15, -0.1) is 0 Å². The van der Waals surface area contributed by atoms with Crippen LogP contribution in [0.3, 0.4) is 0 Å². The first-order chi connectivity index (χ1) is 14.1. The SMILES string of the molecule is Cc1cc(Cn2cc3c(C(=O)NC(C)C)nccc3n2)cnc1COCC(F)(F)F. The molecular weight excluding hydrogens is 399 g/mol. The van der Waals surface area contributed by atoms with E-state index in [0.29, 0.717) is 28.8 Å². The van der Waals surface area contributed by atoms with Gasteiger partial charge in [0, 0.05) is 24.6 Å². The molecule has 10 heteroatoms. The van der Waals surface area contributed by atoms with E-state index in [1.807, 2.05) is 19.9 Å². The molecule has 7 nitrogen and oxygen atoms in total. The molecule has 0 aliphatic carbocycles. The Kier molecular flexibility index (Phi) is 6.35. The van der Waals surface area contributed by atoms with Crippen LogP contribution in [0.4, 0.5) is 13.2 Å². The molecule has 3 aromatic rings. The second-order valence-electron chi connectivity index (χ2n) is 7.26. The normalized spacial score (nSPS) is 12.0. The molecular formula is C20H22F3N5O2. The second kappa shape index (κ2) is 8.78. The summed E-state index contributed by atoms with van der Waals surface area (Å²) in [6.07, 6.45) is 0.496. The first kappa shape index (κ1) is 21.7. The van der Waals surface area contributed by atoms with Gasteiger partial charge in [0.1, 0.15) is 12.3 Å². The third-order valence-corrected chi connectivity index (χ3v) is 4.21. The summed E-state index contributed by atoms with van der Waals surface area (Å²) < 4.78 is 43.0. The lowest BCUT2D eigenvalue weighted by Gasteiger charge is -2.10. The molecule has 0 bridgehead atoms. The fourth-order valence-corrected chi connectivity index (χ4v) is 2.94. The second-order valence-corrected chi connectivity index (χ2v) is 7.26. The largest absolute Gasteiger partial charge is 0.411 e. The van der Waals surface area contributed by atoms with E-state index in [-0.39, 0.29) is 18.6 Å². The number of alkyl halides is 3. The van der Waals surface area contributed by atoms with E-state index in [9.17, 15) is 18.0 Å². The summed E-state index contributed by atoms with van der Waals surface area (Å²) in [7, 11) is 0. The molecule has 1 N–H and O–H groups in total. The number of pyridine rings is 2. The van der Waals surface area contributed by atoms with Gasteiger partial charge >= 0.3 is 6.18 Å². The maximum Gasteiger partial charge on any atom is 0.411 e. The Labute approximate surface area is 171 Å². The molecule has 1 amide bonds. The Balaban J connectivity index is 1.75. The summed E-state index contributed by atoms with van der Waals surface area (Å²) in [5.74, 6) is -0.268. The molecule has 0 spiro atoms. The number of hydrogen-bond donors (Lipinski definition) is 1. The van der Waals surface area contributed by atoms with Crippen LogP contribution < -0.4 is 5.32 Å². The third kappa shape index (κ3) is 5.53. The fourth-order valence-electron chi connectivity index (χ4n) is 2.94. The molecule has 0 aliphatic heterocycles. The molecule has 0 atom stereocenters. The number of carbonyl (C=O) groups is 1. The van der Waals surface area contributed by atoms with Crippen molar-refractivity contribution >= 4 is 16.8 Å². The van der Waals surface area contributed by atoms with Gasteiger partial charge in [-0.2, -0.15) is 18.3 Å². The van der Waals surface area contributed by atoms with Gasteiger partial charge < -0.3 is 10.1 Å². The standard InChI is InChI=1S/C20H22F3N5O2/c1-12(2)26-19(29)18-15-9-28(27-16(15)4-5-24-18)8-14-6-13(3)17(25-7-14)10-30-11-20(21,22)23/h4-7,9,12H,8,10-11H2,1-3H3,(H,26,29). The minimum Gasteiger partial charge on any atom is -0.366 e. The number of fused-ring (bicyclic) bond motifs is 1. The number of hydrogen-bond acceptors (Lipinski definition) is 5. The molecule has 0 aliphatic rings. The van der Waals surface area contributed by atoms with E-state index in [1.54, 1.807) is 30.1 Å². The minimum atomic E-state index is -4.37. The van der Waals surface area contributed by atoms with Crippen molar-refractivity contribution in [1.82, 2.24) is 25.1 Å². The van der Waals surface area contributed by atoms with Gasteiger partial charge in [0.2, 0.25) is 0 Å². The van der Waals surface area contributed by atoms with Crippen LogP contribution in [0.25, 0.3) is 10.9 Å². The van der Waals surface area contributed by atoms with Crippen molar-refractivity contribution in [3.8, 4) is 0 Å². The number of aryl methyl sites for hydroxylation is 1. The van der Waals surface area contributed by atoms with E-state index in [1.165, 1.54) is 6.20 Å². The highest BCUT2D eigenvalue weighted by atomic mass is 19.4. The predicted molar refractivity (Wildman–Crippen MR) is 104 cm³/mol. The van der Waals surface area contributed by atoms with Gasteiger partial charge in [-0.05, 0) is 38.0 Å². The van der Waals surface area contributed by atoms with Crippen molar-refractivity contribution in [1.29, 1.82) is 0 Å². The Bertz CT molecular complexity index is 1050. The van der Waals surface area contributed by atoms with Crippen molar-refractivity contribution in [3.63, 3.8) is 0 Å². The maximum absolute atomic E-state index is 12.4. The van der Waals surface area contributed by atoms with Crippen molar-refractivity contribution in [2.24, 2.45) is 0 Å². The average molecular weight is 421 g/mol. The van der Waals surface area contributed by atoms with Crippen LogP contribution in [0.5, 0.6) is 0 Å². The smallest absolute Gasteiger partial charge is 0.366 e. The molecule has 0 radical (unpaired) electrons. The van der Waals surface area contributed by atoms with Crippen molar-refractivity contribution in [2.45, 2.75) is 46.1 Å². The summed E-state index contributed by atoms with van der Waals surface area (Å²) in [5, 5.41) is 7.93. The Morgan fingerprint density at radius 1 is 1.30 bits per heavy atom. The summed E-state index contributed by atoms with van der Waals surface area (Å²) in [6.45, 7) is 4.37.